The van der Waals surface area contributed by atoms with Crippen LogP contribution in [0.3, 0.4) is 0 Å². The largest absolute Gasteiger partial charge is 0.478 e. The molecule has 0 radical (unpaired) electrons. The number of rotatable bonds is 8. The van der Waals surface area contributed by atoms with Gasteiger partial charge in [0, 0.05) is 41.5 Å². The van der Waals surface area contributed by atoms with Gasteiger partial charge in [-0.05, 0) is 67.5 Å². The number of carboxylic acids is 1. The van der Waals surface area contributed by atoms with Crippen molar-refractivity contribution in [3.05, 3.63) is 77.0 Å². The Morgan fingerprint density at radius 1 is 1.00 bits per heavy atom. The molecule has 3 N–H and O–H groups in total. The molecule has 1 heterocycles. The molecule has 0 fully saturated rings. The number of para-hydroxylation sites is 1. The Balaban J connectivity index is 1.32. The molecule has 4 rings (SSSR count). The third-order valence-electron chi connectivity index (χ3n) is 5.70. The average Bonchev–Trinajstić information content (AvgIpc) is 2.82. The number of carbonyl (C=O) groups is 2. The number of benzene rings is 2. The van der Waals surface area contributed by atoms with Gasteiger partial charge in [0.1, 0.15) is 0 Å². The number of aromatic nitrogens is 1. The van der Waals surface area contributed by atoms with E-state index in [0.29, 0.717) is 12.1 Å². The van der Waals surface area contributed by atoms with Crippen molar-refractivity contribution in [3.8, 4) is 0 Å². The first-order valence-electron chi connectivity index (χ1n) is 11.1. The predicted octanol–water partition coefficient (Wildman–Crippen LogP) is 4.44. The molecule has 0 bridgehead atoms. The molecule has 0 unspecified atom stereocenters. The number of aryl methyl sites for hydroxylation is 1. The Morgan fingerprint density at radius 2 is 1.78 bits per heavy atom. The molecule has 1 aliphatic carbocycles. The van der Waals surface area contributed by atoms with E-state index in [1.54, 1.807) is 24.3 Å². The van der Waals surface area contributed by atoms with Gasteiger partial charge in [0.25, 0.3) is 5.91 Å². The number of amides is 1. The number of carbonyl (C=O) groups excluding carboxylic acids is 1. The molecule has 3 aromatic rings. The summed E-state index contributed by atoms with van der Waals surface area (Å²) in [4.78, 5) is 27.8. The lowest BCUT2D eigenvalue weighted by Crippen LogP contribution is -2.26. The number of aliphatic carboxylic acids is 1. The highest BCUT2D eigenvalue weighted by Gasteiger charge is 2.17. The maximum atomic E-state index is 12.4. The molecule has 1 amide bonds. The molecule has 2 aromatic carbocycles. The summed E-state index contributed by atoms with van der Waals surface area (Å²) in [6.45, 7) is 1.33. The van der Waals surface area contributed by atoms with Crippen LogP contribution in [0.5, 0.6) is 0 Å². The van der Waals surface area contributed by atoms with Crippen molar-refractivity contribution in [2.24, 2.45) is 0 Å². The van der Waals surface area contributed by atoms with Gasteiger partial charge in [0.2, 0.25) is 0 Å². The van der Waals surface area contributed by atoms with E-state index in [9.17, 15) is 9.59 Å². The van der Waals surface area contributed by atoms with Crippen LogP contribution in [-0.4, -0.2) is 35.1 Å². The van der Waals surface area contributed by atoms with Crippen LogP contribution in [0.15, 0.2) is 54.6 Å². The SMILES string of the molecule is O=C(O)C=Cc1ccc(C(=O)NCCCNc2c3c(nc4ccccc24)CCCC3)cc1. The summed E-state index contributed by atoms with van der Waals surface area (Å²) in [5.74, 6) is -1.13. The summed E-state index contributed by atoms with van der Waals surface area (Å²) in [6.07, 6.45) is 7.86. The van der Waals surface area contributed by atoms with E-state index in [1.807, 2.05) is 12.1 Å². The van der Waals surface area contributed by atoms with E-state index in [-0.39, 0.29) is 5.91 Å². The monoisotopic (exact) mass is 429 g/mol. The second-order valence-corrected chi connectivity index (χ2v) is 7.97. The predicted molar refractivity (Wildman–Crippen MR) is 127 cm³/mol. The topological polar surface area (TPSA) is 91.3 Å². The number of pyridine rings is 1. The van der Waals surface area contributed by atoms with Crippen molar-refractivity contribution in [2.45, 2.75) is 32.1 Å². The highest BCUT2D eigenvalue weighted by atomic mass is 16.4. The fourth-order valence-corrected chi connectivity index (χ4v) is 4.09. The minimum Gasteiger partial charge on any atom is -0.478 e. The smallest absolute Gasteiger partial charge is 0.328 e. The third-order valence-corrected chi connectivity index (χ3v) is 5.70. The fraction of sp³-hybridized carbons (Fsp3) is 0.269. The molecule has 1 aromatic heterocycles. The number of nitrogens with zero attached hydrogens (tertiary/aromatic N) is 1. The first kappa shape index (κ1) is 21.6. The lowest BCUT2D eigenvalue weighted by atomic mass is 9.92. The van der Waals surface area contributed by atoms with Crippen molar-refractivity contribution in [1.82, 2.24) is 10.3 Å². The highest BCUT2D eigenvalue weighted by molar-refractivity contribution is 5.95. The van der Waals surface area contributed by atoms with Crippen molar-refractivity contribution < 1.29 is 14.7 Å². The number of anilines is 1. The van der Waals surface area contributed by atoms with E-state index in [1.165, 1.54) is 35.9 Å². The summed E-state index contributed by atoms with van der Waals surface area (Å²) < 4.78 is 0. The second-order valence-electron chi connectivity index (χ2n) is 7.97. The van der Waals surface area contributed by atoms with Crippen LogP contribution in [-0.2, 0) is 17.6 Å². The molecular weight excluding hydrogens is 402 g/mol. The molecule has 6 heteroatoms. The minimum atomic E-state index is -0.999. The zero-order valence-corrected chi connectivity index (χ0v) is 17.9. The van der Waals surface area contributed by atoms with Crippen LogP contribution < -0.4 is 10.6 Å². The number of hydrogen-bond acceptors (Lipinski definition) is 4. The van der Waals surface area contributed by atoms with Crippen molar-refractivity contribution >= 4 is 34.5 Å². The average molecular weight is 430 g/mol. The van der Waals surface area contributed by atoms with Gasteiger partial charge in [-0.1, -0.05) is 30.3 Å². The summed E-state index contributed by atoms with van der Waals surface area (Å²) in [5, 5.41) is 16.4. The Morgan fingerprint density at radius 3 is 2.59 bits per heavy atom. The van der Waals surface area contributed by atoms with Crippen molar-refractivity contribution in [2.75, 3.05) is 18.4 Å². The first-order valence-corrected chi connectivity index (χ1v) is 11.1. The Kier molecular flexibility index (Phi) is 6.80. The third kappa shape index (κ3) is 5.14. The van der Waals surface area contributed by atoms with E-state index < -0.39 is 5.97 Å². The van der Waals surface area contributed by atoms with Gasteiger partial charge >= 0.3 is 5.97 Å². The van der Waals surface area contributed by atoms with Crippen LogP contribution in [0.1, 0.15) is 46.4 Å². The van der Waals surface area contributed by atoms with Gasteiger partial charge < -0.3 is 15.7 Å². The summed E-state index contributed by atoms with van der Waals surface area (Å²) >= 11 is 0. The molecule has 0 saturated heterocycles. The van der Waals surface area contributed by atoms with Crippen LogP contribution in [0.2, 0.25) is 0 Å². The van der Waals surface area contributed by atoms with Gasteiger partial charge in [0.15, 0.2) is 0 Å². The zero-order valence-electron chi connectivity index (χ0n) is 17.9. The summed E-state index contributed by atoms with van der Waals surface area (Å²) in [6, 6.07) is 15.1. The van der Waals surface area contributed by atoms with E-state index in [0.717, 1.165) is 48.3 Å². The van der Waals surface area contributed by atoms with Crippen LogP contribution in [0.25, 0.3) is 17.0 Å². The van der Waals surface area contributed by atoms with Crippen LogP contribution in [0, 0.1) is 0 Å². The molecule has 6 nitrogen and oxygen atoms in total. The van der Waals surface area contributed by atoms with E-state index in [2.05, 4.69) is 22.8 Å². The lowest BCUT2D eigenvalue weighted by molar-refractivity contribution is -0.131. The highest BCUT2D eigenvalue weighted by Crippen LogP contribution is 2.33. The van der Waals surface area contributed by atoms with Crippen molar-refractivity contribution in [1.29, 1.82) is 0 Å². The molecule has 0 saturated carbocycles. The molecule has 164 valence electrons. The first-order chi connectivity index (χ1) is 15.6. The fourth-order valence-electron chi connectivity index (χ4n) is 4.09. The number of nitrogens with one attached hydrogen (secondary N) is 2. The molecular formula is C26H27N3O3. The summed E-state index contributed by atoms with van der Waals surface area (Å²) in [5.41, 5.74) is 6.08. The normalized spacial score (nSPS) is 13.1. The maximum Gasteiger partial charge on any atom is 0.328 e. The van der Waals surface area contributed by atoms with Gasteiger partial charge in [-0.2, -0.15) is 0 Å². The zero-order chi connectivity index (χ0) is 22.3. The molecule has 0 spiro atoms. The Hall–Kier alpha value is -3.67. The number of hydrogen-bond donors (Lipinski definition) is 3. The molecule has 0 atom stereocenters. The Labute approximate surface area is 187 Å². The summed E-state index contributed by atoms with van der Waals surface area (Å²) in [7, 11) is 0. The molecule has 1 aliphatic rings. The van der Waals surface area contributed by atoms with Crippen LogP contribution >= 0.6 is 0 Å². The number of carboxylic acid groups (broad SMARTS) is 1. The van der Waals surface area contributed by atoms with Gasteiger partial charge in [-0.25, -0.2) is 4.79 Å². The van der Waals surface area contributed by atoms with Crippen LogP contribution in [0.4, 0.5) is 5.69 Å². The quantitative estimate of drug-likeness (QED) is 0.364. The lowest BCUT2D eigenvalue weighted by Gasteiger charge is -2.21. The Bertz CT molecular complexity index is 1150. The maximum absolute atomic E-state index is 12.4. The minimum absolute atomic E-state index is 0.134. The molecule has 32 heavy (non-hydrogen) atoms. The van der Waals surface area contributed by atoms with Crippen molar-refractivity contribution in [3.63, 3.8) is 0 Å². The second kappa shape index (κ2) is 10.1. The van der Waals surface area contributed by atoms with Gasteiger partial charge in [-0.3, -0.25) is 9.78 Å². The number of fused-ring (bicyclic) bond motifs is 2. The standard InChI is InChI=1S/C26H27N3O3/c30-24(31)15-12-18-10-13-19(14-11-18)26(32)28-17-5-16-27-25-20-6-1-3-8-22(20)29-23-9-4-2-7-21(23)25/h1,3,6,8,10-15H,2,4-5,7,9,16-17H2,(H,27,29)(H,28,32)(H,30,31). The van der Waals surface area contributed by atoms with Gasteiger partial charge in [0.05, 0.1) is 5.52 Å². The van der Waals surface area contributed by atoms with E-state index >= 15 is 0 Å². The molecule has 0 aliphatic heterocycles. The van der Waals surface area contributed by atoms with Gasteiger partial charge in [-0.15, -0.1) is 0 Å². The van der Waals surface area contributed by atoms with E-state index in [4.69, 9.17) is 10.1 Å².